The van der Waals surface area contributed by atoms with Crippen LogP contribution in [0.5, 0.6) is 0 Å². The van der Waals surface area contributed by atoms with Crippen molar-refractivity contribution in [1.82, 2.24) is 5.32 Å². The van der Waals surface area contributed by atoms with Gasteiger partial charge in [0.2, 0.25) is 0 Å². The molecule has 0 bridgehead atoms. The molecular weight excluding hydrogens is 293 g/mol. The third kappa shape index (κ3) is 4.54. The molecule has 1 aromatic carbocycles. The lowest BCUT2D eigenvalue weighted by Crippen LogP contribution is -2.23. The van der Waals surface area contributed by atoms with Crippen LogP contribution in [0, 0.1) is 5.82 Å². The van der Waals surface area contributed by atoms with Crippen molar-refractivity contribution in [3.63, 3.8) is 0 Å². The summed E-state index contributed by atoms with van der Waals surface area (Å²) in [6.45, 7) is 9.19. The van der Waals surface area contributed by atoms with Gasteiger partial charge in [0.15, 0.2) is 0 Å². The van der Waals surface area contributed by atoms with Crippen LogP contribution in [0.2, 0.25) is 0 Å². The third-order valence-electron chi connectivity index (χ3n) is 2.97. The Bertz CT molecular complexity index is 403. The number of rotatable bonds is 7. The van der Waals surface area contributed by atoms with E-state index in [0.717, 1.165) is 35.8 Å². The minimum atomic E-state index is -0.196. The predicted octanol–water partition coefficient (Wildman–Crippen LogP) is 4.99. The van der Waals surface area contributed by atoms with Gasteiger partial charge in [-0.25, -0.2) is 4.39 Å². The number of benzene rings is 1. The van der Waals surface area contributed by atoms with E-state index < -0.39 is 0 Å². The number of halogens is 2. The molecule has 0 aliphatic carbocycles. The van der Waals surface area contributed by atoms with Crippen LogP contribution in [0.4, 0.5) is 4.39 Å². The Morgan fingerprint density at radius 3 is 2.78 bits per heavy atom. The van der Waals surface area contributed by atoms with Gasteiger partial charge in [0, 0.05) is 10.5 Å². The van der Waals surface area contributed by atoms with Gasteiger partial charge in [-0.05, 0) is 49.6 Å². The maximum atomic E-state index is 13.4. The fourth-order valence-corrected chi connectivity index (χ4v) is 2.35. The van der Waals surface area contributed by atoms with Gasteiger partial charge in [0.05, 0.1) is 0 Å². The first-order valence-electron chi connectivity index (χ1n) is 6.43. The first-order chi connectivity index (χ1) is 8.58. The summed E-state index contributed by atoms with van der Waals surface area (Å²) in [4.78, 5) is 0. The van der Waals surface area contributed by atoms with Gasteiger partial charge >= 0.3 is 0 Å². The van der Waals surface area contributed by atoms with E-state index in [9.17, 15) is 4.39 Å². The second-order valence-corrected chi connectivity index (χ2v) is 5.33. The largest absolute Gasteiger partial charge is 0.310 e. The summed E-state index contributed by atoms with van der Waals surface area (Å²) in [5, 5.41) is 3.46. The van der Waals surface area contributed by atoms with Gasteiger partial charge in [-0.3, -0.25) is 0 Å². The molecule has 0 fully saturated rings. The van der Waals surface area contributed by atoms with Crippen LogP contribution in [-0.4, -0.2) is 6.54 Å². The molecule has 0 saturated carbocycles. The van der Waals surface area contributed by atoms with E-state index in [4.69, 9.17) is 0 Å². The van der Waals surface area contributed by atoms with Crippen LogP contribution in [0.15, 0.2) is 34.8 Å². The summed E-state index contributed by atoms with van der Waals surface area (Å²) in [5.74, 6) is -0.196. The number of nitrogens with one attached hydrogen (secondary N) is 1. The second kappa shape index (κ2) is 7.70. The van der Waals surface area contributed by atoms with Crippen LogP contribution in [-0.2, 0) is 0 Å². The summed E-state index contributed by atoms with van der Waals surface area (Å²) in [6, 6.07) is 4.96. The highest BCUT2D eigenvalue weighted by molar-refractivity contribution is 9.10. The van der Waals surface area contributed by atoms with Crippen molar-refractivity contribution < 1.29 is 4.39 Å². The molecule has 0 aliphatic rings. The van der Waals surface area contributed by atoms with Crippen molar-refractivity contribution in [1.29, 1.82) is 0 Å². The maximum absolute atomic E-state index is 13.4. The minimum Gasteiger partial charge on any atom is -0.310 e. The number of hydrogen-bond acceptors (Lipinski definition) is 1. The normalized spacial score (nSPS) is 12.4. The van der Waals surface area contributed by atoms with E-state index in [1.165, 1.54) is 11.6 Å². The van der Waals surface area contributed by atoms with E-state index in [0.29, 0.717) is 0 Å². The first-order valence-corrected chi connectivity index (χ1v) is 7.22. The zero-order chi connectivity index (χ0) is 13.5. The topological polar surface area (TPSA) is 12.0 Å². The molecule has 0 aromatic heterocycles. The Morgan fingerprint density at radius 2 is 2.17 bits per heavy atom. The Kier molecular flexibility index (Phi) is 6.58. The molecule has 0 saturated heterocycles. The molecule has 3 heteroatoms. The predicted molar refractivity (Wildman–Crippen MR) is 79.2 cm³/mol. The maximum Gasteiger partial charge on any atom is 0.123 e. The van der Waals surface area contributed by atoms with Gasteiger partial charge in [0.25, 0.3) is 0 Å². The Labute approximate surface area is 118 Å². The van der Waals surface area contributed by atoms with Crippen LogP contribution in [0.25, 0.3) is 0 Å². The van der Waals surface area contributed by atoms with Crippen molar-refractivity contribution in [3.8, 4) is 0 Å². The Hall–Kier alpha value is -0.670. The number of hydrogen-bond donors (Lipinski definition) is 1. The molecule has 1 N–H and O–H groups in total. The quantitative estimate of drug-likeness (QED) is 0.700. The standard InChI is InChI=1S/C15H21BrFN/c1-4-8-18-15(9-11(3)5-2)13-10-12(17)6-7-14(13)16/h6-7,10,15,18H,3-5,8-9H2,1-2H3. The van der Waals surface area contributed by atoms with Crippen LogP contribution in [0.3, 0.4) is 0 Å². The summed E-state index contributed by atoms with van der Waals surface area (Å²) >= 11 is 3.50. The highest BCUT2D eigenvalue weighted by Gasteiger charge is 2.15. The van der Waals surface area contributed by atoms with E-state index in [2.05, 4.69) is 41.7 Å². The van der Waals surface area contributed by atoms with Gasteiger partial charge < -0.3 is 5.32 Å². The molecule has 0 spiro atoms. The van der Waals surface area contributed by atoms with E-state index in [1.807, 2.05) is 0 Å². The van der Waals surface area contributed by atoms with Crippen LogP contribution < -0.4 is 5.32 Å². The molecule has 1 nitrogen and oxygen atoms in total. The SMILES string of the molecule is C=C(CC)CC(NCCC)c1cc(F)ccc1Br. The molecule has 0 radical (unpaired) electrons. The molecular formula is C15H21BrFN. The molecule has 0 amide bonds. The first kappa shape index (κ1) is 15.4. The Balaban J connectivity index is 2.92. The average molecular weight is 314 g/mol. The molecule has 1 atom stereocenters. The molecule has 1 aromatic rings. The molecule has 1 unspecified atom stereocenters. The van der Waals surface area contributed by atoms with Crippen molar-refractivity contribution in [2.45, 2.75) is 39.2 Å². The van der Waals surface area contributed by atoms with E-state index in [-0.39, 0.29) is 11.9 Å². The smallest absolute Gasteiger partial charge is 0.123 e. The molecule has 1 rings (SSSR count). The van der Waals surface area contributed by atoms with Crippen LogP contribution >= 0.6 is 15.9 Å². The molecule has 18 heavy (non-hydrogen) atoms. The zero-order valence-electron chi connectivity index (χ0n) is 11.1. The lowest BCUT2D eigenvalue weighted by Gasteiger charge is -2.21. The summed E-state index contributed by atoms with van der Waals surface area (Å²) < 4.78 is 14.3. The summed E-state index contributed by atoms with van der Waals surface area (Å²) in [5.41, 5.74) is 2.15. The lowest BCUT2D eigenvalue weighted by atomic mass is 9.98. The fourth-order valence-electron chi connectivity index (χ4n) is 1.83. The third-order valence-corrected chi connectivity index (χ3v) is 3.69. The van der Waals surface area contributed by atoms with Gasteiger partial charge in [-0.15, -0.1) is 0 Å². The van der Waals surface area contributed by atoms with Crippen LogP contribution in [0.1, 0.15) is 44.7 Å². The lowest BCUT2D eigenvalue weighted by molar-refractivity contribution is 0.517. The van der Waals surface area contributed by atoms with Crippen molar-refractivity contribution in [2.24, 2.45) is 0 Å². The Morgan fingerprint density at radius 1 is 1.44 bits per heavy atom. The van der Waals surface area contributed by atoms with Crippen molar-refractivity contribution in [2.75, 3.05) is 6.54 Å². The summed E-state index contributed by atoms with van der Waals surface area (Å²) in [6.07, 6.45) is 2.86. The van der Waals surface area contributed by atoms with E-state index >= 15 is 0 Å². The van der Waals surface area contributed by atoms with Crippen molar-refractivity contribution >= 4 is 15.9 Å². The molecule has 0 heterocycles. The van der Waals surface area contributed by atoms with Gasteiger partial charge in [-0.2, -0.15) is 0 Å². The second-order valence-electron chi connectivity index (χ2n) is 4.48. The van der Waals surface area contributed by atoms with Crippen molar-refractivity contribution in [3.05, 3.63) is 46.2 Å². The minimum absolute atomic E-state index is 0.127. The monoisotopic (exact) mass is 313 g/mol. The molecule has 0 aliphatic heterocycles. The highest BCUT2D eigenvalue weighted by atomic mass is 79.9. The van der Waals surface area contributed by atoms with Gasteiger partial charge in [0.1, 0.15) is 5.82 Å². The van der Waals surface area contributed by atoms with E-state index in [1.54, 1.807) is 12.1 Å². The molecule has 100 valence electrons. The summed E-state index contributed by atoms with van der Waals surface area (Å²) in [7, 11) is 0. The zero-order valence-corrected chi connectivity index (χ0v) is 12.7. The fraction of sp³-hybridized carbons (Fsp3) is 0.467. The average Bonchev–Trinajstić information content (AvgIpc) is 2.37. The van der Waals surface area contributed by atoms with Gasteiger partial charge in [-0.1, -0.05) is 41.9 Å². The highest BCUT2D eigenvalue weighted by Crippen LogP contribution is 2.29.